The average molecular weight is 469 g/mol. The SMILES string of the molecule is COCCNS(=O)(=O)c1ccc(OCC(=O)N[C@@H](C)c2cc(C)c(C)cc2C)c(Cl)c1. The summed E-state index contributed by atoms with van der Waals surface area (Å²) in [6.45, 7) is 8.18. The van der Waals surface area contributed by atoms with Gasteiger partial charge in [0.05, 0.1) is 22.6 Å². The van der Waals surface area contributed by atoms with E-state index in [9.17, 15) is 13.2 Å². The van der Waals surface area contributed by atoms with E-state index in [1.54, 1.807) is 0 Å². The summed E-state index contributed by atoms with van der Waals surface area (Å²) in [4.78, 5) is 12.4. The standard InChI is InChI=1S/C22H29ClN2O5S/c1-14-10-16(3)19(11-15(14)2)17(4)25-22(26)13-30-21-7-6-18(12-20(21)23)31(27,28)24-8-9-29-5/h6-7,10-12,17,24H,8-9,13H2,1-5H3,(H,25,26)/t17-/m0/s1. The van der Waals surface area contributed by atoms with E-state index < -0.39 is 10.0 Å². The maximum Gasteiger partial charge on any atom is 0.258 e. The van der Waals surface area contributed by atoms with Crippen molar-refractivity contribution in [2.24, 2.45) is 0 Å². The van der Waals surface area contributed by atoms with Gasteiger partial charge < -0.3 is 14.8 Å². The number of carbonyl (C=O) groups is 1. The van der Waals surface area contributed by atoms with Crippen LogP contribution >= 0.6 is 11.6 Å². The van der Waals surface area contributed by atoms with E-state index in [-0.39, 0.29) is 47.4 Å². The van der Waals surface area contributed by atoms with Gasteiger partial charge in [-0.15, -0.1) is 0 Å². The van der Waals surface area contributed by atoms with E-state index in [0.29, 0.717) is 0 Å². The molecular weight excluding hydrogens is 440 g/mol. The average Bonchev–Trinajstić information content (AvgIpc) is 2.69. The van der Waals surface area contributed by atoms with E-state index in [2.05, 4.69) is 29.1 Å². The first-order valence-electron chi connectivity index (χ1n) is 9.83. The number of amides is 1. The van der Waals surface area contributed by atoms with Crippen molar-refractivity contribution in [3.05, 3.63) is 57.6 Å². The molecule has 1 atom stereocenters. The predicted octanol–water partition coefficient (Wildman–Crippen LogP) is 3.45. The summed E-state index contributed by atoms with van der Waals surface area (Å²) in [6.07, 6.45) is 0. The van der Waals surface area contributed by atoms with Gasteiger partial charge >= 0.3 is 0 Å². The lowest BCUT2D eigenvalue weighted by Crippen LogP contribution is -2.31. The number of sulfonamides is 1. The van der Waals surface area contributed by atoms with Crippen LogP contribution in [0.15, 0.2) is 35.2 Å². The van der Waals surface area contributed by atoms with Crippen molar-refractivity contribution < 1.29 is 22.7 Å². The number of ether oxygens (including phenoxy) is 2. The molecule has 2 aromatic carbocycles. The zero-order chi connectivity index (χ0) is 23.2. The van der Waals surface area contributed by atoms with E-state index in [0.717, 1.165) is 16.7 Å². The number of nitrogens with one attached hydrogen (secondary N) is 2. The molecule has 7 nitrogen and oxygen atoms in total. The fourth-order valence-corrected chi connectivity index (χ4v) is 4.42. The third-order valence-electron chi connectivity index (χ3n) is 4.90. The summed E-state index contributed by atoms with van der Waals surface area (Å²) < 4.78 is 37.2. The topological polar surface area (TPSA) is 93.7 Å². The number of benzene rings is 2. The third-order valence-corrected chi connectivity index (χ3v) is 6.65. The normalized spacial score (nSPS) is 12.5. The van der Waals surface area contributed by atoms with Gasteiger partial charge in [0, 0.05) is 13.7 Å². The molecule has 0 spiro atoms. The summed E-state index contributed by atoms with van der Waals surface area (Å²) in [6, 6.07) is 8.07. The summed E-state index contributed by atoms with van der Waals surface area (Å²) >= 11 is 6.16. The van der Waals surface area contributed by atoms with Crippen LogP contribution in [0.4, 0.5) is 0 Å². The maximum absolute atomic E-state index is 12.4. The Morgan fingerprint density at radius 3 is 2.42 bits per heavy atom. The number of hydrogen-bond donors (Lipinski definition) is 2. The number of hydrogen-bond acceptors (Lipinski definition) is 5. The maximum atomic E-state index is 12.4. The number of methoxy groups -OCH3 is 1. The lowest BCUT2D eigenvalue weighted by molar-refractivity contribution is -0.123. The fourth-order valence-electron chi connectivity index (χ4n) is 3.08. The minimum absolute atomic E-state index is 0.00393. The quantitative estimate of drug-likeness (QED) is 0.521. The first-order chi connectivity index (χ1) is 14.5. The molecule has 0 radical (unpaired) electrons. The summed E-state index contributed by atoms with van der Waals surface area (Å²) in [5.41, 5.74) is 4.52. The number of aryl methyl sites for hydroxylation is 3. The number of rotatable bonds is 10. The predicted molar refractivity (Wildman–Crippen MR) is 121 cm³/mol. The van der Waals surface area contributed by atoms with Gasteiger partial charge in [-0.1, -0.05) is 23.7 Å². The zero-order valence-corrected chi connectivity index (χ0v) is 20.0. The van der Waals surface area contributed by atoms with Crippen LogP contribution in [0.1, 0.15) is 35.2 Å². The molecule has 0 bridgehead atoms. The first kappa shape index (κ1) is 25.1. The van der Waals surface area contributed by atoms with Crippen LogP contribution in [0.3, 0.4) is 0 Å². The second-order valence-electron chi connectivity index (χ2n) is 7.35. The van der Waals surface area contributed by atoms with Crippen molar-refractivity contribution in [1.82, 2.24) is 10.0 Å². The Morgan fingerprint density at radius 2 is 1.77 bits per heavy atom. The highest BCUT2D eigenvalue weighted by atomic mass is 35.5. The molecule has 2 aromatic rings. The van der Waals surface area contributed by atoms with Crippen molar-refractivity contribution in [1.29, 1.82) is 0 Å². The first-order valence-corrected chi connectivity index (χ1v) is 11.7. The molecule has 2 rings (SSSR count). The second kappa shape index (κ2) is 10.9. The monoisotopic (exact) mass is 468 g/mol. The third kappa shape index (κ3) is 6.93. The van der Waals surface area contributed by atoms with Crippen LogP contribution in [0, 0.1) is 20.8 Å². The lowest BCUT2D eigenvalue weighted by atomic mass is 9.96. The molecule has 0 aliphatic rings. The highest BCUT2D eigenvalue weighted by molar-refractivity contribution is 7.89. The van der Waals surface area contributed by atoms with Crippen molar-refractivity contribution in [3.8, 4) is 5.75 Å². The van der Waals surface area contributed by atoms with Gasteiger partial charge in [0.1, 0.15) is 5.75 Å². The van der Waals surface area contributed by atoms with Crippen molar-refractivity contribution >= 4 is 27.5 Å². The van der Waals surface area contributed by atoms with Gasteiger partial charge in [-0.25, -0.2) is 13.1 Å². The molecule has 0 heterocycles. The lowest BCUT2D eigenvalue weighted by Gasteiger charge is -2.19. The molecule has 0 saturated carbocycles. The molecule has 0 saturated heterocycles. The number of carbonyl (C=O) groups excluding carboxylic acids is 1. The van der Waals surface area contributed by atoms with Crippen LogP contribution in [0.2, 0.25) is 5.02 Å². The molecule has 1 amide bonds. The van der Waals surface area contributed by atoms with Crippen LogP contribution in [0.5, 0.6) is 5.75 Å². The van der Waals surface area contributed by atoms with Crippen molar-refractivity contribution in [2.45, 2.75) is 38.6 Å². The molecule has 9 heteroatoms. The van der Waals surface area contributed by atoms with Gasteiger partial charge in [0.25, 0.3) is 5.91 Å². The van der Waals surface area contributed by atoms with Gasteiger partial charge in [0.2, 0.25) is 10.0 Å². The Hall–Kier alpha value is -2.13. The minimum atomic E-state index is -3.71. The molecule has 0 unspecified atom stereocenters. The van der Waals surface area contributed by atoms with Gasteiger partial charge in [-0.05, 0) is 68.1 Å². The molecule has 2 N–H and O–H groups in total. The molecular formula is C22H29ClN2O5S. The highest BCUT2D eigenvalue weighted by Crippen LogP contribution is 2.27. The Kier molecular flexibility index (Phi) is 8.88. The molecule has 0 aliphatic heterocycles. The Labute approximate surface area is 189 Å². The van der Waals surface area contributed by atoms with E-state index in [1.165, 1.54) is 30.9 Å². The Bertz CT molecular complexity index is 1040. The second-order valence-corrected chi connectivity index (χ2v) is 9.53. The largest absolute Gasteiger partial charge is 0.482 e. The minimum Gasteiger partial charge on any atom is -0.482 e. The van der Waals surface area contributed by atoms with E-state index in [1.807, 2.05) is 20.8 Å². The molecule has 170 valence electrons. The Morgan fingerprint density at radius 1 is 1.10 bits per heavy atom. The van der Waals surface area contributed by atoms with Crippen LogP contribution in [0.25, 0.3) is 0 Å². The van der Waals surface area contributed by atoms with Crippen LogP contribution < -0.4 is 14.8 Å². The van der Waals surface area contributed by atoms with E-state index in [4.69, 9.17) is 21.1 Å². The summed E-state index contributed by atoms with van der Waals surface area (Å²) in [5.74, 6) is -0.0817. The summed E-state index contributed by atoms with van der Waals surface area (Å²) in [5, 5.41) is 3.01. The number of halogens is 1. The fraction of sp³-hybridized carbons (Fsp3) is 0.409. The van der Waals surface area contributed by atoms with Gasteiger partial charge in [-0.2, -0.15) is 0 Å². The van der Waals surface area contributed by atoms with Gasteiger partial charge in [0.15, 0.2) is 6.61 Å². The van der Waals surface area contributed by atoms with Crippen molar-refractivity contribution in [2.75, 3.05) is 26.9 Å². The molecule has 0 fully saturated rings. The Balaban J connectivity index is 1.98. The molecule has 31 heavy (non-hydrogen) atoms. The molecule has 0 aliphatic carbocycles. The van der Waals surface area contributed by atoms with Crippen LogP contribution in [-0.2, 0) is 19.6 Å². The smallest absolute Gasteiger partial charge is 0.258 e. The zero-order valence-electron chi connectivity index (χ0n) is 18.4. The molecule has 0 aromatic heterocycles. The van der Waals surface area contributed by atoms with E-state index >= 15 is 0 Å². The summed E-state index contributed by atoms with van der Waals surface area (Å²) in [7, 11) is -2.23. The van der Waals surface area contributed by atoms with Gasteiger partial charge in [-0.3, -0.25) is 4.79 Å². The van der Waals surface area contributed by atoms with Crippen LogP contribution in [-0.4, -0.2) is 41.2 Å². The highest BCUT2D eigenvalue weighted by Gasteiger charge is 2.17. The van der Waals surface area contributed by atoms with Crippen molar-refractivity contribution in [3.63, 3.8) is 0 Å².